The molecule has 124 valence electrons. The number of hydrogen-bond donors (Lipinski definition) is 1. The zero-order valence-electron chi connectivity index (χ0n) is 14.6. The van der Waals surface area contributed by atoms with E-state index in [-0.39, 0.29) is 5.97 Å². The van der Waals surface area contributed by atoms with Crippen LogP contribution in [0.25, 0.3) is 0 Å². The zero-order chi connectivity index (χ0) is 15.9. The largest absolute Gasteiger partial charge is 0.465 e. The molecule has 0 bridgehead atoms. The summed E-state index contributed by atoms with van der Waals surface area (Å²) in [6, 6.07) is 1.07. The normalized spacial score (nSPS) is 27.0. The van der Waals surface area contributed by atoms with Crippen LogP contribution in [0.15, 0.2) is 0 Å². The topological polar surface area (TPSA) is 41.6 Å². The van der Waals surface area contributed by atoms with Gasteiger partial charge in [0.2, 0.25) is 0 Å². The Morgan fingerprint density at radius 1 is 1.43 bits per heavy atom. The highest BCUT2D eigenvalue weighted by Crippen LogP contribution is 2.35. The van der Waals surface area contributed by atoms with Gasteiger partial charge in [0.05, 0.1) is 6.61 Å². The van der Waals surface area contributed by atoms with Gasteiger partial charge in [0.15, 0.2) is 0 Å². The number of nitrogens with zero attached hydrogens (tertiary/aromatic N) is 1. The Morgan fingerprint density at radius 3 is 2.67 bits per heavy atom. The molecule has 4 nitrogen and oxygen atoms in total. The van der Waals surface area contributed by atoms with E-state index < -0.39 is 5.54 Å². The minimum Gasteiger partial charge on any atom is -0.465 e. The van der Waals surface area contributed by atoms with Gasteiger partial charge in [-0.1, -0.05) is 20.3 Å². The molecule has 3 unspecified atom stereocenters. The van der Waals surface area contributed by atoms with Gasteiger partial charge in [0, 0.05) is 12.1 Å². The quantitative estimate of drug-likeness (QED) is 0.665. The van der Waals surface area contributed by atoms with Crippen molar-refractivity contribution in [1.29, 1.82) is 0 Å². The summed E-state index contributed by atoms with van der Waals surface area (Å²) in [6.07, 6.45) is 6.43. The van der Waals surface area contributed by atoms with Crippen molar-refractivity contribution in [3.63, 3.8) is 0 Å². The van der Waals surface area contributed by atoms with Crippen molar-refractivity contribution >= 4 is 5.97 Å². The Bertz CT molecular complexity index is 322. The maximum Gasteiger partial charge on any atom is 0.326 e. The van der Waals surface area contributed by atoms with Crippen molar-refractivity contribution in [2.45, 2.75) is 83.8 Å². The van der Waals surface area contributed by atoms with E-state index in [2.05, 4.69) is 31.0 Å². The Labute approximate surface area is 130 Å². The van der Waals surface area contributed by atoms with Gasteiger partial charge < -0.3 is 10.1 Å². The van der Waals surface area contributed by atoms with E-state index in [0.29, 0.717) is 18.7 Å². The molecule has 0 amide bonds. The van der Waals surface area contributed by atoms with Crippen molar-refractivity contribution in [3.8, 4) is 0 Å². The lowest BCUT2D eigenvalue weighted by Crippen LogP contribution is -2.51. The Balaban J connectivity index is 2.77. The minimum atomic E-state index is -0.474. The second kappa shape index (κ2) is 8.74. The third kappa shape index (κ3) is 4.43. The molecule has 0 spiro atoms. The average Bonchev–Trinajstić information content (AvgIpc) is 2.93. The van der Waals surface area contributed by atoms with Gasteiger partial charge in [-0.3, -0.25) is 9.69 Å². The lowest BCUT2D eigenvalue weighted by atomic mass is 9.97. The maximum atomic E-state index is 12.3. The predicted octanol–water partition coefficient (Wildman–Crippen LogP) is 2.96. The first-order valence-electron chi connectivity index (χ1n) is 8.66. The van der Waals surface area contributed by atoms with Gasteiger partial charge in [-0.2, -0.15) is 0 Å². The SMILES string of the molecule is CCCCN(C(C)CC)C1CCC(NC)(C(=O)OCC)C1. The van der Waals surface area contributed by atoms with E-state index in [1.54, 1.807) is 0 Å². The van der Waals surface area contributed by atoms with E-state index in [0.717, 1.165) is 32.2 Å². The van der Waals surface area contributed by atoms with Crippen molar-refractivity contribution in [1.82, 2.24) is 10.2 Å². The number of ether oxygens (including phenoxy) is 1. The maximum absolute atomic E-state index is 12.3. The highest BCUT2D eigenvalue weighted by molar-refractivity contribution is 5.81. The molecule has 3 atom stereocenters. The average molecular weight is 298 g/mol. The summed E-state index contributed by atoms with van der Waals surface area (Å²) in [4.78, 5) is 14.9. The van der Waals surface area contributed by atoms with Crippen LogP contribution >= 0.6 is 0 Å². The number of carbonyl (C=O) groups is 1. The molecule has 1 aliphatic rings. The lowest BCUT2D eigenvalue weighted by Gasteiger charge is -2.35. The van der Waals surface area contributed by atoms with E-state index in [1.165, 1.54) is 12.8 Å². The van der Waals surface area contributed by atoms with Crippen LogP contribution < -0.4 is 5.32 Å². The van der Waals surface area contributed by atoms with E-state index in [4.69, 9.17) is 4.74 Å². The molecule has 0 aromatic heterocycles. The first-order chi connectivity index (χ1) is 10.0. The summed E-state index contributed by atoms with van der Waals surface area (Å²) in [5, 5.41) is 3.26. The number of rotatable bonds is 9. The molecule has 0 aromatic carbocycles. The van der Waals surface area contributed by atoms with E-state index in [9.17, 15) is 4.79 Å². The summed E-state index contributed by atoms with van der Waals surface area (Å²) in [6.45, 7) is 10.3. The Morgan fingerprint density at radius 2 is 2.14 bits per heavy atom. The molecule has 21 heavy (non-hydrogen) atoms. The molecule has 1 saturated carbocycles. The minimum absolute atomic E-state index is 0.0745. The summed E-state index contributed by atoms with van der Waals surface area (Å²) in [5.41, 5.74) is -0.474. The van der Waals surface area contributed by atoms with Crippen LogP contribution in [0.5, 0.6) is 0 Å². The van der Waals surface area contributed by atoms with Crippen molar-refractivity contribution in [2.75, 3.05) is 20.2 Å². The molecule has 0 aliphatic heterocycles. The molecule has 0 aromatic rings. The monoisotopic (exact) mass is 298 g/mol. The van der Waals surface area contributed by atoms with Gasteiger partial charge in [-0.25, -0.2) is 0 Å². The third-order valence-electron chi connectivity index (χ3n) is 5.03. The molecule has 0 heterocycles. The number of unbranched alkanes of at least 4 members (excludes halogenated alkanes) is 1. The molecule has 1 aliphatic carbocycles. The first-order valence-corrected chi connectivity index (χ1v) is 8.66. The van der Waals surface area contributed by atoms with Crippen molar-refractivity contribution < 1.29 is 9.53 Å². The molecule has 1 N–H and O–H groups in total. The number of nitrogens with one attached hydrogen (secondary N) is 1. The molecule has 0 radical (unpaired) electrons. The van der Waals surface area contributed by atoms with Crippen LogP contribution in [0.4, 0.5) is 0 Å². The van der Waals surface area contributed by atoms with Crippen LogP contribution in [-0.4, -0.2) is 48.7 Å². The molecular weight excluding hydrogens is 264 g/mol. The van der Waals surface area contributed by atoms with Crippen LogP contribution in [-0.2, 0) is 9.53 Å². The van der Waals surface area contributed by atoms with Gasteiger partial charge in [-0.05, 0) is 59.5 Å². The highest BCUT2D eigenvalue weighted by atomic mass is 16.5. The highest BCUT2D eigenvalue weighted by Gasteiger charge is 2.47. The number of esters is 1. The van der Waals surface area contributed by atoms with Crippen LogP contribution in [0.3, 0.4) is 0 Å². The second-order valence-corrected chi connectivity index (χ2v) is 6.30. The summed E-state index contributed by atoms with van der Waals surface area (Å²) >= 11 is 0. The van der Waals surface area contributed by atoms with Gasteiger partial charge in [0.25, 0.3) is 0 Å². The van der Waals surface area contributed by atoms with Crippen LogP contribution in [0, 0.1) is 0 Å². The fraction of sp³-hybridized carbons (Fsp3) is 0.941. The van der Waals surface area contributed by atoms with Crippen LogP contribution in [0.2, 0.25) is 0 Å². The zero-order valence-corrected chi connectivity index (χ0v) is 14.6. The van der Waals surface area contributed by atoms with Crippen molar-refractivity contribution in [2.24, 2.45) is 0 Å². The summed E-state index contributed by atoms with van der Waals surface area (Å²) in [5.74, 6) is -0.0745. The summed E-state index contributed by atoms with van der Waals surface area (Å²) in [7, 11) is 1.89. The Kier molecular flexibility index (Phi) is 7.67. The Hall–Kier alpha value is -0.610. The van der Waals surface area contributed by atoms with Crippen molar-refractivity contribution in [3.05, 3.63) is 0 Å². The molecule has 1 fully saturated rings. The lowest BCUT2D eigenvalue weighted by molar-refractivity contribution is -0.151. The van der Waals surface area contributed by atoms with Gasteiger partial charge >= 0.3 is 5.97 Å². The second-order valence-electron chi connectivity index (χ2n) is 6.30. The van der Waals surface area contributed by atoms with Gasteiger partial charge in [0.1, 0.15) is 5.54 Å². The first kappa shape index (κ1) is 18.4. The summed E-state index contributed by atoms with van der Waals surface area (Å²) < 4.78 is 5.30. The predicted molar refractivity (Wildman–Crippen MR) is 87.4 cm³/mol. The number of carbonyl (C=O) groups excluding carboxylic acids is 1. The number of likely N-dealkylation sites (N-methyl/N-ethyl adjacent to an activating group) is 1. The number of hydrogen-bond acceptors (Lipinski definition) is 4. The van der Waals surface area contributed by atoms with Gasteiger partial charge in [-0.15, -0.1) is 0 Å². The van der Waals surface area contributed by atoms with Crippen LogP contribution in [0.1, 0.15) is 66.2 Å². The molecule has 4 heteroatoms. The van der Waals surface area contributed by atoms with E-state index in [1.807, 2.05) is 14.0 Å². The third-order valence-corrected chi connectivity index (χ3v) is 5.03. The molecular formula is C17H34N2O2. The fourth-order valence-corrected chi connectivity index (χ4v) is 3.42. The standard InChI is InChI=1S/C17H34N2O2/c1-6-9-12-19(14(4)7-2)15-10-11-17(13-15,18-5)16(20)21-8-3/h14-15,18H,6-13H2,1-5H3. The molecule has 0 saturated heterocycles. The smallest absolute Gasteiger partial charge is 0.326 e. The van der Waals surface area contributed by atoms with E-state index >= 15 is 0 Å². The fourth-order valence-electron chi connectivity index (χ4n) is 3.42. The molecule has 1 rings (SSSR count).